The normalized spacial score (nSPS) is 29.2. The van der Waals surface area contributed by atoms with Gasteiger partial charge in [-0.1, -0.05) is 30.3 Å². The Morgan fingerprint density at radius 3 is 2.50 bits per heavy atom. The fraction of sp³-hybridized carbons (Fsp3) is 0.611. The molecule has 2 saturated carbocycles. The van der Waals surface area contributed by atoms with E-state index in [1.807, 2.05) is 11.0 Å². The van der Waals surface area contributed by atoms with Crippen molar-refractivity contribution in [2.75, 3.05) is 13.1 Å². The van der Waals surface area contributed by atoms with Gasteiger partial charge in [-0.3, -0.25) is 4.79 Å². The number of nitrogens with zero attached hydrogens (tertiary/aromatic N) is 1. The van der Waals surface area contributed by atoms with Gasteiger partial charge in [-0.25, -0.2) is 0 Å². The van der Waals surface area contributed by atoms with Crippen LogP contribution in [-0.2, 0) is 11.2 Å². The van der Waals surface area contributed by atoms with E-state index < -0.39 is 0 Å². The number of amides is 1. The minimum absolute atomic E-state index is 0. The van der Waals surface area contributed by atoms with Gasteiger partial charge in [-0.2, -0.15) is 0 Å². The SMILES string of the molecule is CCN(CCc1ccccc1)C(=O)C1C2CCC(C2)C1N.Cl. The van der Waals surface area contributed by atoms with Crippen molar-refractivity contribution in [1.29, 1.82) is 0 Å². The van der Waals surface area contributed by atoms with Crippen molar-refractivity contribution in [3.05, 3.63) is 35.9 Å². The van der Waals surface area contributed by atoms with Crippen molar-refractivity contribution in [3.63, 3.8) is 0 Å². The lowest BCUT2D eigenvalue weighted by atomic mass is 9.84. The molecule has 3 rings (SSSR count). The van der Waals surface area contributed by atoms with Crippen molar-refractivity contribution in [2.45, 2.75) is 38.6 Å². The average molecular weight is 323 g/mol. The van der Waals surface area contributed by atoms with Gasteiger partial charge in [0.05, 0.1) is 5.92 Å². The summed E-state index contributed by atoms with van der Waals surface area (Å²) in [4.78, 5) is 14.9. The maximum absolute atomic E-state index is 12.8. The van der Waals surface area contributed by atoms with Gasteiger partial charge in [0, 0.05) is 19.1 Å². The highest BCUT2D eigenvalue weighted by atomic mass is 35.5. The number of carbonyl (C=O) groups excluding carboxylic acids is 1. The Hall–Kier alpha value is -1.06. The molecule has 0 saturated heterocycles. The van der Waals surface area contributed by atoms with Crippen molar-refractivity contribution < 1.29 is 4.79 Å². The number of halogens is 1. The molecule has 2 N–H and O–H groups in total. The predicted molar refractivity (Wildman–Crippen MR) is 91.9 cm³/mol. The molecule has 0 aliphatic heterocycles. The minimum atomic E-state index is 0. The molecule has 2 aliphatic rings. The van der Waals surface area contributed by atoms with Gasteiger partial charge in [-0.15, -0.1) is 12.4 Å². The van der Waals surface area contributed by atoms with E-state index in [1.54, 1.807) is 0 Å². The zero-order chi connectivity index (χ0) is 14.8. The summed E-state index contributed by atoms with van der Waals surface area (Å²) >= 11 is 0. The standard InChI is InChI=1S/C18H26N2O.ClH/c1-2-20(11-10-13-6-4-3-5-7-13)18(21)16-14-8-9-15(12-14)17(16)19;/h3-7,14-17H,2,8-12,19H2,1H3;1H. The lowest BCUT2D eigenvalue weighted by Gasteiger charge is -2.32. The van der Waals surface area contributed by atoms with E-state index >= 15 is 0 Å². The lowest BCUT2D eigenvalue weighted by Crippen LogP contribution is -2.47. The van der Waals surface area contributed by atoms with Gasteiger partial charge in [-0.05, 0) is 50.0 Å². The molecule has 1 aromatic carbocycles. The molecule has 4 heteroatoms. The highest BCUT2D eigenvalue weighted by molar-refractivity contribution is 5.85. The van der Waals surface area contributed by atoms with Crippen LogP contribution in [0.3, 0.4) is 0 Å². The Balaban J connectivity index is 0.00000176. The topological polar surface area (TPSA) is 46.3 Å². The molecule has 22 heavy (non-hydrogen) atoms. The van der Waals surface area contributed by atoms with Crippen LogP contribution in [0.4, 0.5) is 0 Å². The van der Waals surface area contributed by atoms with Crippen molar-refractivity contribution in [2.24, 2.45) is 23.5 Å². The minimum Gasteiger partial charge on any atom is -0.342 e. The summed E-state index contributed by atoms with van der Waals surface area (Å²) in [5, 5.41) is 0. The first-order valence-electron chi connectivity index (χ1n) is 8.29. The molecule has 1 aromatic rings. The van der Waals surface area contributed by atoms with Crippen LogP contribution in [0.25, 0.3) is 0 Å². The Morgan fingerprint density at radius 1 is 1.23 bits per heavy atom. The van der Waals surface area contributed by atoms with E-state index in [2.05, 4.69) is 31.2 Å². The van der Waals surface area contributed by atoms with E-state index in [0.29, 0.717) is 17.7 Å². The first-order valence-corrected chi connectivity index (χ1v) is 8.29. The van der Waals surface area contributed by atoms with Crippen molar-refractivity contribution in [3.8, 4) is 0 Å². The summed E-state index contributed by atoms with van der Waals surface area (Å²) < 4.78 is 0. The molecular formula is C18H27ClN2O. The summed E-state index contributed by atoms with van der Waals surface area (Å²) in [5.41, 5.74) is 7.61. The van der Waals surface area contributed by atoms with Gasteiger partial charge in [0.25, 0.3) is 0 Å². The van der Waals surface area contributed by atoms with Gasteiger partial charge < -0.3 is 10.6 Å². The average Bonchev–Trinajstić information content (AvgIpc) is 3.09. The van der Waals surface area contributed by atoms with Crippen LogP contribution >= 0.6 is 12.4 Å². The van der Waals surface area contributed by atoms with Gasteiger partial charge in [0.15, 0.2) is 0 Å². The highest BCUT2D eigenvalue weighted by Gasteiger charge is 2.49. The van der Waals surface area contributed by atoms with E-state index in [0.717, 1.165) is 19.5 Å². The fourth-order valence-electron chi connectivity index (χ4n) is 4.25. The maximum Gasteiger partial charge on any atom is 0.227 e. The molecule has 0 heterocycles. The lowest BCUT2D eigenvalue weighted by molar-refractivity contribution is -0.137. The Bertz CT molecular complexity index is 491. The molecule has 0 spiro atoms. The number of rotatable bonds is 5. The van der Waals surface area contributed by atoms with Crippen LogP contribution in [0.1, 0.15) is 31.7 Å². The molecule has 2 aliphatic carbocycles. The highest BCUT2D eigenvalue weighted by Crippen LogP contribution is 2.48. The number of benzene rings is 1. The first kappa shape index (κ1) is 17.3. The molecule has 122 valence electrons. The Labute approximate surface area is 139 Å². The smallest absolute Gasteiger partial charge is 0.227 e. The molecular weight excluding hydrogens is 296 g/mol. The second-order valence-electron chi connectivity index (χ2n) is 6.59. The summed E-state index contributed by atoms with van der Waals surface area (Å²) in [6.07, 6.45) is 4.53. The molecule has 4 atom stereocenters. The summed E-state index contributed by atoms with van der Waals surface area (Å²) in [6, 6.07) is 10.5. The van der Waals surface area contributed by atoms with Gasteiger partial charge in [0.2, 0.25) is 5.91 Å². The van der Waals surface area contributed by atoms with Crippen molar-refractivity contribution >= 4 is 18.3 Å². The first-order chi connectivity index (χ1) is 10.2. The number of nitrogens with two attached hydrogens (primary N) is 1. The molecule has 2 bridgehead atoms. The molecule has 2 fully saturated rings. The molecule has 0 aromatic heterocycles. The summed E-state index contributed by atoms with van der Waals surface area (Å²) in [7, 11) is 0. The third-order valence-corrected chi connectivity index (χ3v) is 5.47. The monoisotopic (exact) mass is 322 g/mol. The zero-order valence-electron chi connectivity index (χ0n) is 13.3. The number of hydrogen-bond donors (Lipinski definition) is 1. The number of likely N-dealkylation sites (N-methyl/N-ethyl adjacent to an activating group) is 1. The predicted octanol–water partition coefficient (Wildman–Crippen LogP) is 2.87. The Morgan fingerprint density at radius 2 is 1.91 bits per heavy atom. The fourth-order valence-corrected chi connectivity index (χ4v) is 4.25. The van der Waals surface area contributed by atoms with Gasteiger partial charge >= 0.3 is 0 Å². The third-order valence-electron chi connectivity index (χ3n) is 5.47. The van der Waals surface area contributed by atoms with Crippen LogP contribution in [0.2, 0.25) is 0 Å². The summed E-state index contributed by atoms with van der Waals surface area (Å²) in [5.74, 6) is 1.52. The third kappa shape index (κ3) is 3.31. The van der Waals surface area contributed by atoms with Crippen LogP contribution < -0.4 is 5.73 Å². The molecule has 4 unspecified atom stereocenters. The number of hydrogen-bond acceptors (Lipinski definition) is 2. The van der Waals surface area contributed by atoms with E-state index in [-0.39, 0.29) is 24.4 Å². The largest absolute Gasteiger partial charge is 0.342 e. The summed E-state index contributed by atoms with van der Waals surface area (Å²) in [6.45, 7) is 3.66. The Kier molecular flexibility index (Phi) is 5.87. The quantitative estimate of drug-likeness (QED) is 0.906. The van der Waals surface area contributed by atoms with Crippen LogP contribution in [-0.4, -0.2) is 29.9 Å². The van der Waals surface area contributed by atoms with Gasteiger partial charge in [0.1, 0.15) is 0 Å². The second kappa shape index (κ2) is 7.47. The maximum atomic E-state index is 12.8. The van der Waals surface area contributed by atoms with E-state index in [1.165, 1.54) is 24.8 Å². The van der Waals surface area contributed by atoms with Crippen LogP contribution in [0.5, 0.6) is 0 Å². The van der Waals surface area contributed by atoms with Crippen LogP contribution in [0.15, 0.2) is 30.3 Å². The van der Waals surface area contributed by atoms with E-state index in [9.17, 15) is 4.79 Å². The number of fused-ring (bicyclic) bond motifs is 2. The van der Waals surface area contributed by atoms with Crippen LogP contribution in [0, 0.1) is 17.8 Å². The van der Waals surface area contributed by atoms with Crippen molar-refractivity contribution in [1.82, 2.24) is 4.90 Å². The molecule has 3 nitrogen and oxygen atoms in total. The van der Waals surface area contributed by atoms with E-state index in [4.69, 9.17) is 5.73 Å². The number of carbonyl (C=O) groups is 1. The molecule has 1 amide bonds. The second-order valence-corrected chi connectivity index (χ2v) is 6.59. The molecule has 0 radical (unpaired) electrons. The zero-order valence-corrected chi connectivity index (χ0v) is 14.1.